The zero-order valence-corrected chi connectivity index (χ0v) is 23.1. The summed E-state index contributed by atoms with van der Waals surface area (Å²) in [6.45, 7) is 5.06. The standard InChI is InChI=1S/C32H40F3N3O/c1-21(2)31(30(39)37-14-12-29-24(20-37)15-25(19-36-29)32(33,34)35)13-11-28(18-31)38-26-9-10-27(38)17-23(16-26)22-7-5-3-4-6-8-22/h3-7,15,19,21,23,26-28H,8-14,16-18,20H2,1-2H3. The number of piperidine rings is 1. The quantitative estimate of drug-likeness (QED) is 0.419. The minimum absolute atomic E-state index is 0.132. The van der Waals surface area contributed by atoms with Gasteiger partial charge in [0.2, 0.25) is 5.91 Å². The monoisotopic (exact) mass is 539 g/mol. The summed E-state index contributed by atoms with van der Waals surface area (Å²) in [6.07, 6.45) is 16.7. The van der Waals surface area contributed by atoms with Crippen molar-refractivity contribution in [2.45, 2.75) is 102 Å². The highest BCUT2D eigenvalue weighted by molar-refractivity contribution is 5.83. The molecule has 1 aromatic rings. The van der Waals surface area contributed by atoms with E-state index >= 15 is 0 Å². The van der Waals surface area contributed by atoms with Crippen LogP contribution in [0.4, 0.5) is 13.2 Å². The third kappa shape index (κ3) is 4.89. The van der Waals surface area contributed by atoms with Crippen LogP contribution in [0.3, 0.4) is 0 Å². The molecule has 39 heavy (non-hydrogen) atoms. The molecule has 0 N–H and O–H groups in total. The van der Waals surface area contributed by atoms with E-state index in [1.54, 1.807) is 5.57 Å². The Morgan fingerprint density at radius 2 is 1.85 bits per heavy atom. The van der Waals surface area contributed by atoms with E-state index in [1.165, 1.54) is 31.7 Å². The Morgan fingerprint density at radius 3 is 2.56 bits per heavy atom. The molecule has 3 aliphatic heterocycles. The van der Waals surface area contributed by atoms with Crippen LogP contribution < -0.4 is 0 Å². The normalized spacial score (nSPS) is 32.9. The largest absolute Gasteiger partial charge is 0.417 e. The van der Waals surface area contributed by atoms with Gasteiger partial charge in [-0.3, -0.25) is 14.7 Å². The molecule has 0 aromatic carbocycles. The molecule has 1 saturated carbocycles. The van der Waals surface area contributed by atoms with E-state index in [0.717, 1.165) is 31.9 Å². The fourth-order valence-corrected chi connectivity index (χ4v) is 8.35. The van der Waals surface area contributed by atoms with Crippen LogP contribution in [-0.2, 0) is 23.9 Å². The number of nitrogens with zero attached hydrogens (tertiary/aromatic N) is 3. The first-order chi connectivity index (χ1) is 18.7. The van der Waals surface area contributed by atoms with E-state index in [1.807, 2.05) is 4.90 Å². The maximum absolute atomic E-state index is 14.2. The first-order valence-electron chi connectivity index (χ1n) is 14.8. The van der Waals surface area contributed by atoms with Gasteiger partial charge in [-0.2, -0.15) is 13.2 Å². The summed E-state index contributed by atoms with van der Waals surface area (Å²) in [5.41, 5.74) is 1.59. The summed E-state index contributed by atoms with van der Waals surface area (Å²) in [7, 11) is 0. The molecule has 1 amide bonds. The van der Waals surface area contributed by atoms with Gasteiger partial charge in [-0.1, -0.05) is 49.8 Å². The van der Waals surface area contributed by atoms with Crippen molar-refractivity contribution < 1.29 is 18.0 Å². The molecule has 2 bridgehead atoms. The Hall–Kier alpha value is -2.41. The molecule has 7 heteroatoms. The minimum atomic E-state index is -4.43. The summed E-state index contributed by atoms with van der Waals surface area (Å²) >= 11 is 0. The van der Waals surface area contributed by atoms with E-state index in [2.05, 4.69) is 54.1 Å². The smallest absolute Gasteiger partial charge is 0.337 e. The molecule has 1 aromatic heterocycles. The Balaban J connectivity index is 1.17. The molecule has 3 fully saturated rings. The fourth-order valence-electron chi connectivity index (χ4n) is 8.35. The van der Waals surface area contributed by atoms with Crippen molar-refractivity contribution in [1.82, 2.24) is 14.8 Å². The van der Waals surface area contributed by atoms with Gasteiger partial charge in [-0.05, 0) is 74.8 Å². The van der Waals surface area contributed by atoms with Crippen molar-refractivity contribution >= 4 is 5.91 Å². The highest BCUT2D eigenvalue weighted by Crippen LogP contribution is 2.52. The van der Waals surface area contributed by atoms with Crippen LogP contribution in [0.1, 0.15) is 82.0 Å². The predicted molar refractivity (Wildman–Crippen MR) is 146 cm³/mol. The van der Waals surface area contributed by atoms with Crippen LogP contribution in [0, 0.1) is 17.3 Å². The van der Waals surface area contributed by atoms with E-state index < -0.39 is 17.2 Å². The maximum Gasteiger partial charge on any atom is 0.417 e. The molecule has 6 rings (SSSR count). The van der Waals surface area contributed by atoms with Crippen LogP contribution in [0.2, 0.25) is 0 Å². The molecular weight excluding hydrogens is 499 g/mol. The highest BCUT2D eigenvalue weighted by Gasteiger charge is 2.54. The fraction of sp³-hybridized carbons (Fsp3) is 0.625. The first-order valence-corrected chi connectivity index (χ1v) is 14.8. The van der Waals surface area contributed by atoms with Crippen molar-refractivity contribution in [2.75, 3.05) is 6.54 Å². The van der Waals surface area contributed by atoms with Crippen LogP contribution >= 0.6 is 0 Å². The molecular formula is C32H40F3N3O. The average Bonchev–Trinajstić information content (AvgIpc) is 3.33. The SMILES string of the molecule is CC(C)C1(C(=O)N2CCc3ncc(C(F)(F)F)cc3C2)CCC(N2C3CCC2CC(C2=CC=CC=CC2)C3)C1. The second-order valence-electron chi connectivity index (χ2n) is 12.8. The van der Waals surface area contributed by atoms with Crippen molar-refractivity contribution in [2.24, 2.45) is 17.3 Å². The number of fused-ring (bicyclic) bond motifs is 3. The first kappa shape index (κ1) is 26.8. The molecule has 210 valence electrons. The number of amides is 1. The van der Waals surface area contributed by atoms with Crippen LogP contribution in [-0.4, -0.2) is 45.4 Å². The zero-order chi connectivity index (χ0) is 27.4. The van der Waals surface area contributed by atoms with Crippen molar-refractivity contribution in [3.05, 3.63) is 65.0 Å². The second kappa shape index (κ2) is 10.2. The summed E-state index contributed by atoms with van der Waals surface area (Å²) in [5.74, 6) is 0.959. The van der Waals surface area contributed by atoms with E-state index in [0.29, 0.717) is 48.3 Å². The number of rotatable bonds is 4. The Morgan fingerprint density at radius 1 is 1.08 bits per heavy atom. The maximum atomic E-state index is 14.2. The third-order valence-electron chi connectivity index (χ3n) is 10.5. The number of carbonyl (C=O) groups is 1. The summed E-state index contributed by atoms with van der Waals surface area (Å²) in [4.78, 5) is 22.9. The second-order valence-corrected chi connectivity index (χ2v) is 12.8. The number of hydrogen-bond acceptors (Lipinski definition) is 3. The lowest BCUT2D eigenvalue weighted by atomic mass is 9.73. The lowest BCUT2D eigenvalue weighted by molar-refractivity contribution is -0.146. The van der Waals surface area contributed by atoms with Gasteiger partial charge in [0, 0.05) is 49.5 Å². The zero-order valence-electron chi connectivity index (χ0n) is 23.1. The van der Waals surface area contributed by atoms with E-state index in [-0.39, 0.29) is 18.4 Å². The number of carbonyl (C=O) groups excluding carboxylic acids is 1. The lowest BCUT2D eigenvalue weighted by Gasteiger charge is -2.44. The van der Waals surface area contributed by atoms with Gasteiger partial charge < -0.3 is 4.90 Å². The number of halogens is 3. The van der Waals surface area contributed by atoms with Crippen LogP contribution in [0.15, 0.2) is 48.2 Å². The number of alkyl halides is 3. The molecule has 4 heterocycles. The van der Waals surface area contributed by atoms with Crippen molar-refractivity contribution in [3.8, 4) is 0 Å². The Bertz CT molecular complexity index is 1190. The molecule has 2 aliphatic carbocycles. The third-order valence-corrected chi connectivity index (χ3v) is 10.5. The topological polar surface area (TPSA) is 36.4 Å². The van der Waals surface area contributed by atoms with Gasteiger partial charge in [-0.25, -0.2) is 0 Å². The van der Waals surface area contributed by atoms with Crippen molar-refractivity contribution in [3.63, 3.8) is 0 Å². The van der Waals surface area contributed by atoms with Gasteiger partial charge >= 0.3 is 6.18 Å². The highest BCUT2D eigenvalue weighted by atomic mass is 19.4. The van der Waals surface area contributed by atoms with Gasteiger partial charge in [0.25, 0.3) is 0 Å². The molecule has 4 atom stereocenters. The summed E-state index contributed by atoms with van der Waals surface area (Å²) < 4.78 is 40.0. The molecule has 4 nitrogen and oxygen atoms in total. The molecule has 0 radical (unpaired) electrons. The lowest BCUT2D eigenvalue weighted by Crippen LogP contribution is -2.51. The van der Waals surface area contributed by atoms with Gasteiger partial charge in [0.1, 0.15) is 0 Å². The predicted octanol–water partition coefficient (Wildman–Crippen LogP) is 6.87. The van der Waals surface area contributed by atoms with E-state index in [9.17, 15) is 18.0 Å². The molecule has 4 unspecified atom stereocenters. The molecule has 2 saturated heterocycles. The Labute approximate surface area is 230 Å². The van der Waals surface area contributed by atoms with Crippen LogP contribution in [0.5, 0.6) is 0 Å². The molecule has 5 aliphatic rings. The van der Waals surface area contributed by atoms with E-state index in [4.69, 9.17) is 0 Å². The number of hydrogen-bond donors (Lipinski definition) is 0. The Kier molecular flexibility index (Phi) is 7.01. The minimum Gasteiger partial charge on any atom is -0.337 e. The molecule has 0 spiro atoms. The van der Waals surface area contributed by atoms with Gasteiger partial charge in [-0.15, -0.1) is 0 Å². The summed E-state index contributed by atoms with van der Waals surface area (Å²) in [6, 6.07) is 2.77. The number of allylic oxidation sites excluding steroid dienone is 6. The number of aromatic nitrogens is 1. The number of pyridine rings is 1. The van der Waals surface area contributed by atoms with Crippen LogP contribution in [0.25, 0.3) is 0 Å². The average molecular weight is 540 g/mol. The summed E-state index contributed by atoms with van der Waals surface area (Å²) in [5, 5.41) is 0. The van der Waals surface area contributed by atoms with Crippen molar-refractivity contribution in [1.29, 1.82) is 0 Å². The van der Waals surface area contributed by atoms with Gasteiger partial charge in [0.05, 0.1) is 11.0 Å². The van der Waals surface area contributed by atoms with Gasteiger partial charge in [0.15, 0.2) is 0 Å².